The van der Waals surface area contributed by atoms with E-state index in [1.54, 1.807) is 0 Å². The molecule has 4 nitrogen and oxygen atoms in total. The third-order valence-electron chi connectivity index (χ3n) is 4.79. The number of alkyl halides is 10. The Hall–Kier alpha value is -1.57. The lowest BCUT2D eigenvalue weighted by molar-refractivity contribution is -0.516. The standard InChI is InChI=1S/C15H16F10O4/c1-5-10(28-8(26)7(3)12(16,17)18)13(19,20)9(4,27)29-11(6-2,14(10,21)22)15(23,24)25/h27H,3,5-6H2,1-2,4H3. The molecule has 1 aliphatic rings. The molecule has 0 bridgehead atoms. The summed E-state index contributed by atoms with van der Waals surface area (Å²) >= 11 is 0. The quantitative estimate of drug-likeness (QED) is 0.389. The van der Waals surface area contributed by atoms with Crippen LogP contribution in [0.4, 0.5) is 43.9 Å². The number of aliphatic hydroxyl groups is 1. The second kappa shape index (κ2) is 6.72. The fourth-order valence-corrected chi connectivity index (χ4v) is 3.08. The van der Waals surface area contributed by atoms with Crippen molar-refractivity contribution in [2.24, 2.45) is 0 Å². The van der Waals surface area contributed by atoms with Crippen molar-refractivity contribution in [2.75, 3.05) is 0 Å². The van der Waals surface area contributed by atoms with Gasteiger partial charge in [0.15, 0.2) is 0 Å². The molecule has 3 unspecified atom stereocenters. The van der Waals surface area contributed by atoms with Crippen molar-refractivity contribution >= 4 is 5.97 Å². The molecule has 1 heterocycles. The maximum Gasteiger partial charge on any atom is 0.423 e. The van der Waals surface area contributed by atoms with Gasteiger partial charge in [-0.1, -0.05) is 20.4 Å². The van der Waals surface area contributed by atoms with Gasteiger partial charge in [-0.05, 0) is 19.8 Å². The second-order valence-corrected chi connectivity index (χ2v) is 6.46. The minimum absolute atomic E-state index is 0.102. The van der Waals surface area contributed by atoms with Gasteiger partial charge in [0.1, 0.15) is 5.57 Å². The summed E-state index contributed by atoms with van der Waals surface area (Å²) in [5.41, 5.74) is -12.2. The first-order chi connectivity index (χ1) is 12.6. The van der Waals surface area contributed by atoms with Crippen LogP contribution in [-0.2, 0) is 14.3 Å². The van der Waals surface area contributed by atoms with Crippen molar-refractivity contribution in [2.45, 2.75) is 74.8 Å². The van der Waals surface area contributed by atoms with E-state index in [0.29, 0.717) is 13.8 Å². The monoisotopic (exact) mass is 450 g/mol. The normalized spacial score (nSPS) is 34.6. The summed E-state index contributed by atoms with van der Waals surface area (Å²) in [6.45, 7) is 2.96. The Morgan fingerprint density at radius 2 is 1.45 bits per heavy atom. The number of carbonyl (C=O) groups excluding carboxylic acids is 1. The molecule has 170 valence electrons. The Labute approximate surface area is 157 Å². The van der Waals surface area contributed by atoms with E-state index in [1.165, 1.54) is 0 Å². The second-order valence-electron chi connectivity index (χ2n) is 6.46. The molecule has 1 N–H and O–H groups in total. The smallest absolute Gasteiger partial charge is 0.423 e. The Morgan fingerprint density at radius 3 is 1.76 bits per heavy atom. The first kappa shape index (κ1) is 25.5. The predicted molar refractivity (Wildman–Crippen MR) is 75.0 cm³/mol. The van der Waals surface area contributed by atoms with Gasteiger partial charge in [0.05, 0.1) is 0 Å². The highest BCUT2D eigenvalue weighted by molar-refractivity contribution is 5.89. The lowest BCUT2D eigenvalue weighted by atomic mass is 9.69. The number of hydrogen-bond donors (Lipinski definition) is 1. The molecule has 3 atom stereocenters. The van der Waals surface area contributed by atoms with Gasteiger partial charge in [-0.25, -0.2) is 4.79 Å². The Kier molecular flexibility index (Phi) is 5.90. The van der Waals surface area contributed by atoms with Gasteiger partial charge in [0.2, 0.25) is 17.0 Å². The van der Waals surface area contributed by atoms with E-state index in [2.05, 4.69) is 16.1 Å². The largest absolute Gasteiger partial charge is 0.442 e. The minimum Gasteiger partial charge on any atom is -0.442 e. The summed E-state index contributed by atoms with van der Waals surface area (Å²) in [5.74, 6) is -18.5. The number of rotatable bonds is 4. The summed E-state index contributed by atoms with van der Waals surface area (Å²) in [6.07, 6.45) is -15.3. The number of esters is 1. The van der Waals surface area contributed by atoms with Crippen molar-refractivity contribution in [3.8, 4) is 0 Å². The molecule has 14 heteroatoms. The molecule has 29 heavy (non-hydrogen) atoms. The van der Waals surface area contributed by atoms with Crippen molar-refractivity contribution in [1.82, 2.24) is 0 Å². The first-order valence-corrected chi connectivity index (χ1v) is 7.86. The molecule has 1 saturated heterocycles. The van der Waals surface area contributed by atoms with Crippen LogP contribution in [0.1, 0.15) is 33.6 Å². The molecule has 1 fully saturated rings. The summed E-state index contributed by atoms with van der Waals surface area (Å²) < 4.78 is 146. The van der Waals surface area contributed by atoms with Crippen molar-refractivity contribution in [1.29, 1.82) is 0 Å². The summed E-state index contributed by atoms with van der Waals surface area (Å²) in [7, 11) is 0. The highest BCUT2D eigenvalue weighted by atomic mass is 19.4. The van der Waals surface area contributed by atoms with Gasteiger partial charge in [-0.2, -0.15) is 43.9 Å². The van der Waals surface area contributed by atoms with E-state index >= 15 is 8.78 Å². The van der Waals surface area contributed by atoms with Crippen LogP contribution < -0.4 is 0 Å². The molecule has 1 rings (SSSR count). The fraction of sp³-hybridized carbons (Fsp3) is 0.800. The van der Waals surface area contributed by atoms with E-state index in [1.807, 2.05) is 0 Å². The lowest BCUT2D eigenvalue weighted by Crippen LogP contribution is -2.85. The van der Waals surface area contributed by atoms with Crippen LogP contribution in [0.25, 0.3) is 0 Å². The summed E-state index contributed by atoms with van der Waals surface area (Å²) in [4.78, 5) is 11.6. The van der Waals surface area contributed by atoms with Crippen LogP contribution in [0.15, 0.2) is 12.2 Å². The van der Waals surface area contributed by atoms with E-state index in [0.717, 1.165) is 0 Å². The van der Waals surface area contributed by atoms with Crippen LogP contribution >= 0.6 is 0 Å². The number of hydrogen-bond acceptors (Lipinski definition) is 4. The van der Waals surface area contributed by atoms with Crippen molar-refractivity contribution in [3.05, 3.63) is 12.2 Å². The average molecular weight is 450 g/mol. The molecule has 0 spiro atoms. The Bertz CT molecular complexity index is 682. The summed E-state index contributed by atoms with van der Waals surface area (Å²) in [5, 5.41) is 9.80. The van der Waals surface area contributed by atoms with Crippen LogP contribution in [0, 0.1) is 0 Å². The van der Waals surface area contributed by atoms with Gasteiger partial charge < -0.3 is 14.6 Å². The van der Waals surface area contributed by atoms with E-state index in [-0.39, 0.29) is 6.92 Å². The Morgan fingerprint density at radius 1 is 1.00 bits per heavy atom. The first-order valence-electron chi connectivity index (χ1n) is 7.86. The molecular weight excluding hydrogens is 434 g/mol. The van der Waals surface area contributed by atoms with Gasteiger partial charge >= 0.3 is 30.2 Å². The average Bonchev–Trinajstić information content (AvgIpc) is 2.52. The molecule has 0 amide bonds. The molecule has 0 aromatic carbocycles. The summed E-state index contributed by atoms with van der Waals surface area (Å²) in [6, 6.07) is 0. The molecule has 0 aliphatic carbocycles. The van der Waals surface area contributed by atoms with Crippen molar-refractivity contribution < 1.29 is 63.3 Å². The van der Waals surface area contributed by atoms with E-state index < -0.39 is 65.6 Å². The van der Waals surface area contributed by atoms with Crippen LogP contribution in [0.2, 0.25) is 0 Å². The SMILES string of the molecule is C=C(C(=O)OC1(CC)C(F)(F)C(C)(O)OC(CC)(C(F)(F)F)C1(F)F)C(F)(F)F. The van der Waals surface area contributed by atoms with Crippen LogP contribution in [0.5, 0.6) is 0 Å². The van der Waals surface area contributed by atoms with Crippen molar-refractivity contribution in [3.63, 3.8) is 0 Å². The molecule has 0 radical (unpaired) electrons. The molecule has 0 saturated carbocycles. The van der Waals surface area contributed by atoms with Gasteiger partial charge in [-0.3, -0.25) is 0 Å². The maximum atomic E-state index is 15.1. The zero-order valence-electron chi connectivity index (χ0n) is 15.1. The topological polar surface area (TPSA) is 55.8 Å². The Balaban J connectivity index is 3.87. The van der Waals surface area contributed by atoms with Gasteiger partial charge in [0.25, 0.3) is 0 Å². The molecule has 0 aromatic heterocycles. The van der Waals surface area contributed by atoms with Crippen LogP contribution in [-0.4, -0.2) is 52.3 Å². The number of ether oxygens (including phenoxy) is 2. The van der Waals surface area contributed by atoms with E-state index in [9.17, 15) is 45.0 Å². The molecular formula is C15H16F10O4. The van der Waals surface area contributed by atoms with E-state index in [4.69, 9.17) is 0 Å². The maximum absolute atomic E-state index is 15.1. The molecule has 1 aliphatic heterocycles. The fourth-order valence-electron chi connectivity index (χ4n) is 3.08. The molecule has 0 aromatic rings. The third kappa shape index (κ3) is 3.18. The highest BCUT2D eigenvalue weighted by Gasteiger charge is 2.91. The highest BCUT2D eigenvalue weighted by Crippen LogP contribution is 2.65. The number of halogens is 10. The zero-order chi connectivity index (χ0) is 23.5. The number of carbonyl (C=O) groups is 1. The third-order valence-corrected chi connectivity index (χ3v) is 4.79. The minimum atomic E-state index is -6.11. The van der Waals surface area contributed by atoms with Crippen LogP contribution in [0.3, 0.4) is 0 Å². The predicted octanol–water partition coefficient (Wildman–Crippen LogP) is 4.52. The zero-order valence-corrected chi connectivity index (χ0v) is 15.1. The van der Waals surface area contributed by atoms with Gasteiger partial charge in [0, 0.05) is 0 Å². The van der Waals surface area contributed by atoms with Gasteiger partial charge in [-0.15, -0.1) is 0 Å². The lowest BCUT2D eigenvalue weighted by Gasteiger charge is -2.59.